The maximum atomic E-state index is 6.09. The average Bonchev–Trinajstić information content (AvgIpc) is 2.08. The Morgan fingerprint density at radius 2 is 1.67 bits per heavy atom. The van der Waals surface area contributed by atoms with Crippen LogP contribution in [0.2, 0.25) is 0 Å². The maximum Gasteiger partial charge on any atom is 0.0502 e. The molecule has 0 heterocycles. The van der Waals surface area contributed by atoms with Crippen LogP contribution >= 0.6 is 23.2 Å². The normalized spacial score (nSPS) is 31.8. The molecule has 2 unspecified atom stereocenters. The van der Waals surface area contributed by atoms with E-state index in [2.05, 4.69) is 11.8 Å². The summed E-state index contributed by atoms with van der Waals surface area (Å²) in [6.07, 6.45) is 9.31. The summed E-state index contributed by atoms with van der Waals surface area (Å²) in [7, 11) is 0. The van der Waals surface area contributed by atoms with E-state index in [0.717, 1.165) is 32.1 Å². The first kappa shape index (κ1) is 10.2. The molecule has 0 saturated carbocycles. The fourth-order valence-corrected chi connectivity index (χ4v) is 1.80. The van der Waals surface area contributed by atoms with Crippen molar-refractivity contribution in [1.82, 2.24) is 0 Å². The predicted molar refractivity (Wildman–Crippen MR) is 55.0 cm³/mol. The lowest BCUT2D eigenvalue weighted by Gasteiger charge is -2.14. The zero-order chi connectivity index (χ0) is 8.81. The van der Waals surface area contributed by atoms with E-state index in [0.29, 0.717) is 0 Å². The highest BCUT2D eigenvalue weighted by atomic mass is 35.5. The Kier molecular flexibility index (Phi) is 4.83. The third kappa shape index (κ3) is 3.67. The molecule has 0 bridgehead atoms. The summed E-state index contributed by atoms with van der Waals surface area (Å²) in [5, 5.41) is 0.273. The molecule has 0 radical (unpaired) electrons. The van der Waals surface area contributed by atoms with E-state index in [1.54, 1.807) is 0 Å². The first-order chi connectivity index (χ1) is 5.80. The highest BCUT2D eigenvalue weighted by Gasteiger charge is 2.15. The van der Waals surface area contributed by atoms with E-state index in [9.17, 15) is 0 Å². The van der Waals surface area contributed by atoms with Gasteiger partial charge in [0, 0.05) is 5.38 Å². The van der Waals surface area contributed by atoms with Gasteiger partial charge >= 0.3 is 0 Å². The molecule has 0 aliphatic heterocycles. The Hall–Kier alpha value is 0.1000. The molecule has 0 aromatic carbocycles. The molecule has 0 N–H and O–H groups in total. The summed E-state index contributed by atoms with van der Waals surface area (Å²) in [6, 6.07) is 0. The van der Waals surface area contributed by atoms with Crippen molar-refractivity contribution in [1.29, 1.82) is 0 Å². The lowest BCUT2D eigenvalue weighted by Crippen LogP contribution is -2.14. The summed E-state index contributed by atoms with van der Waals surface area (Å²) in [4.78, 5) is 0. The van der Waals surface area contributed by atoms with Crippen LogP contribution in [-0.2, 0) is 0 Å². The van der Waals surface area contributed by atoms with Crippen LogP contribution < -0.4 is 0 Å². The molecule has 0 spiro atoms. The minimum atomic E-state index is 0.128. The molecule has 2 atom stereocenters. The molecule has 68 valence electrons. The summed E-state index contributed by atoms with van der Waals surface area (Å²) in [6.45, 7) is 0. The number of allylic oxidation sites excluding steroid dienone is 1. The van der Waals surface area contributed by atoms with E-state index >= 15 is 0 Å². The van der Waals surface area contributed by atoms with Crippen molar-refractivity contribution in [3.8, 4) is 0 Å². The minimum absolute atomic E-state index is 0.128. The zero-order valence-corrected chi connectivity index (χ0v) is 8.61. The van der Waals surface area contributed by atoms with Crippen molar-refractivity contribution in [3.63, 3.8) is 0 Å². The quantitative estimate of drug-likeness (QED) is 0.416. The van der Waals surface area contributed by atoms with E-state index in [1.807, 2.05) is 6.08 Å². The first-order valence-electron chi connectivity index (χ1n) is 4.48. The SMILES string of the molecule is ClC1CCC=C=CCCCC1Cl. The molecule has 12 heavy (non-hydrogen) atoms. The van der Waals surface area contributed by atoms with Crippen molar-refractivity contribution < 1.29 is 0 Å². The molecule has 0 nitrogen and oxygen atoms in total. The number of rotatable bonds is 0. The van der Waals surface area contributed by atoms with Gasteiger partial charge in [-0.3, -0.25) is 0 Å². The van der Waals surface area contributed by atoms with Crippen molar-refractivity contribution in [2.45, 2.75) is 42.9 Å². The Morgan fingerprint density at radius 1 is 1.00 bits per heavy atom. The van der Waals surface area contributed by atoms with Gasteiger partial charge in [0.05, 0.1) is 5.38 Å². The topological polar surface area (TPSA) is 0 Å². The molecular weight excluding hydrogens is 191 g/mol. The predicted octanol–water partition coefficient (Wildman–Crippen LogP) is 3.88. The summed E-state index contributed by atoms with van der Waals surface area (Å²) < 4.78 is 0. The second-order valence-corrected chi connectivity index (χ2v) is 4.24. The monoisotopic (exact) mass is 204 g/mol. The number of alkyl halides is 2. The largest absolute Gasteiger partial charge is 0.130 e. The van der Waals surface area contributed by atoms with Gasteiger partial charge in [-0.15, -0.1) is 28.9 Å². The lowest BCUT2D eigenvalue weighted by atomic mass is 10.1. The van der Waals surface area contributed by atoms with Crippen molar-refractivity contribution in [2.75, 3.05) is 0 Å². The molecular formula is C10H14Cl2. The molecule has 1 aliphatic rings. The van der Waals surface area contributed by atoms with Crippen molar-refractivity contribution in [2.24, 2.45) is 0 Å². The van der Waals surface area contributed by atoms with Crippen LogP contribution in [0.3, 0.4) is 0 Å². The average molecular weight is 205 g/mol. The van der Waals surface area contributed by atoms with Crippen LogP contribution in [0.15, 0.2) is 17.9 Å². The van der Waals surface area contributed by atoms with Crippen LogP contribution in [0.1, 0.15) is 32.1 Å². The van der Waals surface area contributed by atoms with E-state index < -0.39 is 0 Å². The molecule has 0 aromatic rings. The standard InChI is InChI=1S/C10H14Cl2/c11-9-7-5-3-1-2-4-6-8-10(9)12/h1,4,9-10H,3,5-8H2. The van der Waals surface area contributed by atoms with Gasteiger partial charge in [-0.05, 0) is 44.3 Å². The van der Waals surface area contributed by atoms with E-state index in [4.69, 9.17) is 23.2 Å². The van der Waals surface area contributed by atoms with Crippen molar-refractivity contribution in [3.05, 3.63) is 17.9 Å². The Bertz CT molecular complexity index is 180. The Balaban J connectivity index is 2.46. The maximum absolute atomic E-state index is 6.09. The fourth-order valence-electron chi connectivity index (χ4n) is 1.27. The Labute approximate surface area is 84.2 Å². The van der Waals surface area contributed by atoms with Gasteiger partial charge in [0.2, 0.25) is 0 Å². The molecule has 0 amide bonds. The lowest BCUT2D eigenvalue weighted by molar-refractivity contribution is 0.634. The summed E-state index contributed by atoms with van der Waals surface area (Å²) in [5.41, 5.74) is 3.14. The van der Waals surface area contributed by atoms with Crippen LogP contribution in [0.4, 0.5) is 0 Å². The number of hydrogen-bond acceptors (Lipinski definition) is 0. The smallest absolute Gasteiger partial charge is 0.0502 e. The highest BCUT2D eigenvalue weighted by Crippen LogP contribution is 2.21. The third-order valence-electron chi connectivity index (χ3n) is 2.04. The molecule has 1 aliphatic carbocycles. The molecule has 0 aromatic heterocycles. The molecule has 0 fully saturated rings. The van der Waals surface area contributed by atoms with E-state index in [-0.39, 0.29) is 10.8 Å². The van der Waals surface area contributed by atoms with Gasteiger partial charge in [0.15, 0.2) is 0 Å². The van der Waals surface area contributed by atoms with E-state index in [1.165, 1.54) is 0 Å². The number of halogens is 2. The highest BCUT2D eigenvalue weighted by molar-refractivity contribution is 6.29. The molecule has 1 rings (SSSR count). The Morgan fingerprint density at radius 3 is 2.50 bits per heavy atom. The van der Waals surface area contributed by atoms with Gasteiger partial charge in [-0.1, -0.05) is 0 Å². The van der Waals surface area contributed by atoms with Crippen LogP contribution in [0.25, 0.3) is 0 Å². The second kappa shape index (κ2) is 5.70. The summed E-state index contributed by atoms with van der Waals surface area (Å²) >= 11 is 12.2. The molecule has 2 heteroatoms. The van der Waals surface area contributed by atoms with Crippen LogP contribution in [0, 0.1) is 0 Å². The molecule has 0 saturated heterocycles. The zero-order valence-electron chi connectivity index (χ0n) is 7.10. The van der Waals surface area contributed by atoms with Gasteiger partial charge < -0.3 is 0 Å². The summed E-state index contributed by atoms with van der Waals surface area (Å²) in [5.74, 6) is 0. The van der Waals surface area contributed by atoms with Crippen LogP contribution in [0.5, 0.6) is 0 Å². The van der Waals surface area contributed by atoms with Gasteiger partial charge in [-0.25, -0.2) is 0 Å². The third-order valence-corrected chi connectivity index (χ3v) is 3.22. The minimum Gasteiger partial charge on any atom is -0.130 e. The van der Waals surface area contributed by atoms with Gasteiger partial charge in [-0.2, -0.15) is 0 Å². The fraction of sp³-hybridized carbons (Fsp3) is 0.700. The van der Waals surface area contributed by atoms with Gasteiger partial charge in [0.1, 0.15) is 0 Å². The van der Waals surface area contributed by atoms with Gasteiger partial charge in [0.25, 0.3) is 0 Å². The first-order valence-corrected chi connectivity index (χ1v) is 5.35. The number of hydrogen-bond donors (Lipinski definition) is 0. The van der Waals surface area contributed by atoms with Crippen molar-refractivity contribution >= 4 is 23.2 Å². The van der Waals surface area contributed by atoms with Crippen LogP contribution in [-0.4, -0.2) is 10.8 Å². The second-order valence-electron chi connectivity index (χ2n) is 3.12.